The number of carbonyl (C=O) groups excluding carboxylic acids is 2. The number of amides is 2. The van der Waals surface area contributed by atoms with Gasteiger partial charge in [-0.25, -0.2) is 0 Å². The number of hydrogen-bond donors (Lipinski definition) is 3. The highest BCUT2D eigenvalue weighted by atomic mass is 16.2. The smallest absolute Gasteiger partial charge is 0.279 e. The first kappa shape index (κ1) is 15.0. The van der Waals surface area contributed by atoms with Gasteiger partial charge in [0.25, 0.3) is 5.91 Å². The number of aryl methyl sites for hydroxylation is 1. The van der Waals surface area contributed by atoms with Crippen LogP contribution in [0.2, 0.25) is 0 Å². The molecule has 2 fully saturated rings. The van der Waals surface area contributed by atoms with Crippen LogP contribution in [-0.2, 0) is 9.59 Å². The molecule has 3 atom stereocenters. The van der Waals surface area contributed by atoms with E-state index in [2.05, 4.69) is 16.0 Å². The first-order valence-corrected chi connectivity index (χ1v) is 8.14. The van der Waals surface area contributed by atoms with Crippen molar-refractivity contribution in [3.63, 3.8) is 0 Å². The minimum atomic E-state index is -0.301. The number of nitrogens with two attached hydrogens (primary N) is 1. The summed E-state index contributed by atoms with van der Waals surface area (Å²) in [6.07, 6.45) is 4.82. The largest absolute Gasteiger partial charge is 0.342 e. The van der Waals surface area contributed by atoms with Crippen molar-refractivity contribution in [3.8, 4) is 0 Å². The Morgan fingerprint density at radius 1 is 1.27 bits per heavy atom. The molecule has 3 rings (SSSR count). The summed E-state index contributed by atoms with van der Waals surface area (Å²) in [4.78, 5) is 24.3. The van der Waals surface area contributed by atoms with Gasteiger partial charge in [0, 0.05) is 12.1 Å². The van der Waals surface area contributed by atoms with Gasteiger partial charge in [-0.1, -0.05) is 24.1 Å². The van der Waals surface area contributed by atoms with Gasteiger partial charge in [0.1, 0.15) is 6.04 Å². The minimum absolute atomic E-state index is 0.00204. The molecular formula is C17H24N3O2+. The van der Waals surface area contributed by atoms with Crippen LogP contribution in [0.15, 0.2) is 24.3 Å². The van der Waals surface area contributed by atoms with Gasteiger partial charge in [-0.2, -0.15) is 0 Å². The highest BCUT2D eigenvalue weighted by molar-refractivity contribution is 5.95. The van der Waals surface area contributed by atoms with Gasteiger partial charge in [0.2, 0.25) is 5.91 Å². The van der Waals surface area contributed by atoms with Crippen LogP contribution in [0.1, 0.15) is 37.7 Å². The van der Waals surface area contributed by atoms with Crippen molar-refractivity contribution in [1.82, 2.24) is 5.32 Å². The normalized spacial score (nSPS) is 27.7. The van der Waals surface area contributed by atoms with Crippen LogP contribution in [0.4, 0.5) is 5.69 Å². The first-order valence-electron chi connectivity index (χ1n) is 8.14. The number of anilines is 1. The average Bonchev–Trinajstić information content (AvgIpc) is 2.50. The van der Waals surface area contributed by atoms with Crippen LogP contribution in [-0.4, -0.2) is 29.9 Å². The number of nitrogens with one attached hydrogen (secondary N) is 2. The van der Waals surface area contributed by atoms with E-state index in [-0.39, 0.29) is 30.3 Å². The van der Waals surface area contributed by atoms with Gasteiger partial charge in [0.05, 0.1) is 12.5 Å². The van der Waals surface area contributed by atoms with Gasteiger partial charge in [-0.15, -0.1) is 0 Å². The summed E-state index contributed by atoms with van der Waals surface area (Å²) in [6, 6.07) is 8.11. The fraction of sp³-hybridized carbons (Fsp3) is 0.529. The highest BCUT2D eigenvalue weighted by Gasteiger charge is 2.40. The van der Waals surface area contributed by atoms with Crippen molar-refractivity contribution in [2.24, 2.45) is 0 Å². The average molecular weight is 302 g/mol. The minimum Gasteiger partial charge on any atom is -0.342 e. The quantitative estimate of drug-likeness (QED) is 0.769. The molecule has 0 spiro atoms. The molecule has 1 heterocycles. The number of hydrogen-bond acceptors (Lipinski definition) is 2. The standard InChI is InChI=1S/C17H23N3O2/c1-11-6-8-12(9-7-11)18-16(21)10-15-17(22)20-14-5-3-2-4-13(14)19-15/h6-9,13-15,19H,2-5,10H2,1H3,(H,18,21)(H,20,22)/p+1/t13-,14-,15-/m0/s1. The molecule has 1 aliphatic carbocycles. The van der Waals surface area contributed by atoms with Crippen LogP contribution >= 0.6 is 0 Å². The van der Waals surface area contributed by atoms with Gasteiger partial charge in [-0.3, -0.25) is 9.59 Å². The molecule has 0 aromatic heterocycles. The van der Waals surface area contributed by atoms with Gasteiger partial charge in [0.15, 0.2) is 6.04 Å². The maximum Gasteiger partial charge on any atom is 0.279 e. The van der Waals surface area contributed by atoms with Gasteiger partial charge < -0.3 is 16.0 Å². The van der Waals surface area contributed by atoms with Crippen molar-refractivity contribution in [2.75, 3.05) is 5.32 Å². The van der Waals surface area contributed by atoms with Crippen molar-refractivity contribution in [3.05, 3.63) is 29.8 Å². The lowest BCUT2D eigenvalue weighted by atomic mass is 9.87. The Hall–Kier alpha value is -1.88. The molecule has 2 aliphatic rings. The van der Waals surface area contributed by atoms with Crippen LogP contribution in [0.25, 0.3) is 0 Å². The van der Waals surface area contributed by atoms with Crippen molar-refractivity contribution in [1.29, 1.82) is 0 Å². The van der Waals surface area contributed by atoms with E-state index in [9.17, 15) is 9.59 Å². The van der Waals surface area contributed by atoms with Crippen molar-refractivity contribution < 1.29 is 14.9 Å². The Balaban J connectivity index is 1.56. The Bertz CT molecular complexity index is 556. The van der Waals surface area contributed by atoms with Gasteiger partial charge in [-0.05, 0) is 31.9 Å². The van der Waals surface area contributed by atoms with E-state index in [1.807, 2.05) is 31.2 Å². The Labute approximate surface area is 130 Å². The number of rotatable bonds is 3. The SMILES string of the molecule is Cc1ccc(NC(=O)C[C@@H]2[NH2+][C@H]3CCCC[C@@H]3NC2=O)cc1. The number of fused-ring (bicyclic) bond motifs is 1. The Morgan fingerprint density at radius 2 is 2.00 bits per heavy atom. The fourth-order valence-corrected chi connectivity index (χ4v) is 3.45. The number of carbonyl (C=O) groups is 2. The number of piperazine rings is 1. The van der Waals surface area contributed by atoms with E-state index < -0.39 is 0 Å². The van der Waals surface area contributed by atoms with Crippen LogP contribution in [0.3, 0.4) is 0 Å². The van der Waals surface area contributed by atoms with E-state index in [4.69, 9.17) is 0 Å². The molecule has 118 valence electrons. The molecule has 5 heteroatoms. The van der Waals surface area contributed by atoms with Crippen molar-refractivity contribution >= 4 is 17.5 Å². The summed E-state index contributed by atoms with van der Waals surface area (Å²) in [5.41, 5.74) is 1.93. The maximum atomic E-state index is 12.2. The lowest BCUT2D eigenvalue weighted by Crippen LogP contribution is -3.03. The Kier molecular flexibility index (Phi) is 4.43. The molecule has 5 nitrogen and oxygen atoms in total. The molecule has 2 amide bonds. The summed E-state index contributed by atoms with van der Waals surface area (Å²) >= 11 is 0. The molecule has 0 bridgehead atoms. The summed E-state index contributed by atoms with van der Waals surface area (Å²) in [5, 5.41) is 8.07. The third kappa shape index (κ3) is 3.47. The predicted octanol–water partition coefficient (Wildman–Crippen LogP) is 0.697. The maximum absolute atomic E-state index is 12.2. The third-order valence-electron chi connectivity index (χ3n) is 4.70. The predicted molar refractivity (Wildman–Crippen MR) is 84.3 cm³/mol. The van der Waals surface area contributed by atoms with Crippen molar-refractivity contribution in [2.45, 2.75) is 57.2 Å². The molecule has 1 aromatic rings. The first-order chi connectivity index (χ1) is 10.6. The Morgan fingerprint density at radius 3 is 2.77 bits per heavy atom. The number of benzene rings is 1. The highest BCUT2D eigenvalue weighted by Crippen LogP contribution is 2.18. The zero-order chi connectivity index (χ0) is 15.5. The molecule has 1 saturated carbocycles. The second-order valence-electron chi connectivity index (χ2n) is 6.48. The molecule has 0 unspecified atom stereocenters. The molecule has 1 aliphatic heterocycles. The summed E-state index contributed by atoms with van der Waals surface area (Å²) in [5.74, 6) is -0.100. The molecule has 4 N–H and O–H groups in total. The second kappa shape index (κ2) is 6.48. The number of quaternary nitrogens is 1. The van der Waals surface area contributed by atoms with E-state index in [1.165, 1.54) is 12.8 Å². The van der Waals surface area contributed by atoms with E-state index in [1.54, 1.807) is 0 Å². The topological polar surface area (TPSA) is 74.8 Å². The zero-order valence-electron chi connectivity index (χ0n) is 13.0. The lowest BCUT2D eigenvalue weighted by Gasteiger charge is -2.37. The van der Waals surface area contributed by atoms with E-state index in [0.717, 1.165) is 24.1 Å². The van der Waals surface area contributed by atoms with Crippen LogP contribution < -0.4 is 16.0 Å². The fourth-order valence-electron chi connectivity index (χ4n) is 3.45. The van der Waals surface area contributed by atoms with Crippen LogP contribution in [0.5, 0.6) is 0 Å². The van der Waals surface area contributed by atoms with Crippen LogP contribution in [0, 0.1) is 6.92 Å². The molecule has 1 aromatic carbocycles. The third-order valence-corrected chi connectivity index (χ3v) is 4.70. The molecule has 22 heavy (non-hydrogen) atoms. The van der Waals surface area contributed by atoms with E-state index >= 15 is 0 Å². The molecular weight excluding hydrogens is 278 g/mol. The molecule has 1 saturated heterocycles. The van der Waals surface area contributed by atoms with Gasteiger partial charge >= 0.3 is 0 Å². The lowest BCUT2D eigenvalue weighted by molar-refractivity contribution is -0.718. The summed E-state index contributed by atoms with van der Waals surface area (Å²) in [6.45, 7) is 2.01. The zero-order valence-corrected chi connectivity index (χ0v) is 13.0. The van der Waals surface area contributed by atoms with E-state index in [0.29, 0.717) is 6.04 Å². The second-order valence-corrected chi connectivity index (χ2v) is 6.48. The monoisotopic (exact) mass is 302 g/mol. The summed E-state index contributed by atoms with van der Waals surface area (Å²) in [7, 11) is 0. The summed E-state index contributed by atoms with van der Waals surface area (Å²) < 4.78 is 0. The molecule has 0 radical (unpaired) electrons.